The number of rotatable bonds is 0. The average Bonchev–Trinajstić information content (AvgIpc) is 1.90. The van der Waals surface area contributed by atoms with Crippen LogP contribution in [0.3, 0.4) is 0 Å². The number of amides is 4. The Morgan fingerprint density at radius 3 is 1.80 bits per heavy atom. The minimum atomic E-state index is -0.625. The molecule has 1 rings (SSSR count). The van der Waals surface area contributed by atoms with Gasteiger partial charge in [-0.15, -0.1) is 0 Å². The fourth-order valence-corrected chi connectivity index (χ4v) is 0.374. The molecule has 0 aromatic heterocycles. The number of hydrogen-bond acceptors (Lipinski definition) is 2. The van der Waals surface area contributed by atoms with Gasteiger partial charge >= 0.3 is 12.1 Å². The fraction of sp³-hybridized carbons (Fsp3) is 0. The van der Waals surface area contributed by atoms with E-state index in [0.29, 0.717) is 0 Å². The molecule has 6 nitrogen and oxygen atoms in total. The molecule has 10 heavy (non-hydrogen) atoms. The lowest BCUT2D eigenvalue weighted by molar-refractivity contribution is 0.233. The van der Waals surface area contributed by atoms with Crippen molar-refractivity contribution in [3.05, 3.63) is 0 Å². The zero-order valence-corrected chi connectivity index (χ0v) is 4.87. The Morgan fingerprint density at radius 2 is 1.40 bits per heavy atom. The molecule has 0 spiro atoms. The summed E-state index contributed by atoms with van der Waals surface area (Å²) in [7, 11) is 0. The molecule has 0 atom stereocenters. The molecule has 0 saturated carbocycles. The summed E-state index contributed by atoms with van der Waals surface area (Å²) in [6.45, 7) is 0. The van der Waals surface area contributed by atoms with E-state index in [1.807, 2.05) is 10.9 Å². The second-order valence-electron chi connectivity index (χ2n) is 1.42. The highest BCUT2D eigenvalue weighted by Gasteiger charge is 2.00. The number of nitrogens with one attached hydrogen (secondary N) is 2. The molecule has 0 fully saturated rings. The van der Waals surface area contributed by atoms with Gasteiger partial charge in [-0.2, -0.15) is 9.98 Å². The monoisotopic (exact) mass is 140 g/mol. The van der Waals surface area contributed by atoms with Gasteiger partial charge < -0.3 is 0 Å². The van der Waals surface area contributed by atoms with E-state index in [4.69, 9.17) is 0 Å². The Labute approximate surface area is 56.0 Å². The Hall–Kier alpha value is -1.72. The zero-order chi connectivity index (χ0) is 7.40. The largest absolute Gasteiger partial charge is 0.359 e. The van der Waals surface area contributed by atoms with Crippen molar-refractivity contribution in [2.75, 3.05) is 0 Å². The maximum absolute atomic E-state index is 10.4. The molecular formula is C4H4N4O2. The molecule has 0 aromatic rings. The lowest BCUT2D eigenvalue weighted by Crippen LogP contribution is -2.39. The molecule has 6 heteroatoms. The molecule has 0 bridgehead atoms. The Balaban J connectivity index is 2.70. The maximum Gasteiger partial charge on any atom is 0.359 e. The van der Waals surface area contributed by atoms with Crippen LogP contribution in [-0.4, -0.2) is 24.5 Å². The molecule has 0 aliphatic carbocycles. The van der Waals surface area contributed by atoms with E-state index < -0.39 is 12.1 Å². The Kier molecular flexibility index (Phi) is 1.74. The molecular weight excluding hydrogens is 136 g/mol. The van der Waals surface area contributed by atoms with Gasteiger partial charge in [-0.25, -0.2) is 20.4 Å². The lowest BCUT2D eigenvalue weighted by Gasteiger charge is -2.00. The summed E-state index contributed by atoms with van der Waals surface area (Å²) >= 11 is 0. The number of carbonyl (C=O) groups is 2. The minimum absolute atomic E-state index is 0.625. The van der Waals surface area contributed by atoms with Crippen molar-refractivity contribution in [1.29, 1.82) is 0 Å². The first kappa shape index (κ1) is 6.40. The van der Waals surface area contributed by atoms with Gasteiger partial charge in [0.05, 0.1) is 12.4 Å². The van der Waals surface area contributed by atoms with Crippen LogP contribution in [0.5, 0.6) is 0 Å². The highest BCUT2D eigenvalue weighted by molar-refractivity contribution is 6.21. The first-order valence-electron chi connectivity index (χ1n) is 2.46. The molecule has 52 valence electrons. The maximum atomic E-state index is 10.4. The van der Waals surface area contributed by atoms with Gasteiger partial charge in [0, 0.05) is 0 Å². The van der Waals surface area contributed by atoms with Crippen molar-refractivity contribution in [2.24, 2.45) is 9.98 Å². The number of hydrogen-bond donors (Lipinski definition) is 2. The van der Waals surface area contributed by atoms with Gasteiger partial charge in [0.25, 0.3) is 0 Å². The lowest BCUT2D eigenvalue weighted by atomic mass is 10.7. The number of aliphatic imine (C=N–C) groups is 2. The number of carbonyl (C=O) groups excluding carboxylic acids is 2. The molecule has 1 aliphatic rings. The first-order valence-corrected chi connectivity index (χ1v) is 2.46. The minimum Gasteiger partial charge on any atom is -0.246 e. The summed E-state index contributed by atoms with van der Waals surface area (Å²) in [6.07, 6.45) is 2.27. The Bertz CT molecular complexity index is 195. The number of urea groups is 2. The van der Waals surface area contributed by atoms with Crippen molar-refractivity contribution in [3.8, 4) is 0 Å². The molecule has 0 aromatic carbocycles. The van der Waals surface area contributed by atoms with Gasteiger partial charge in [0.2, 0.25) is 0 Å². The molecule has 1 aliphatic heterocycles. The van der Waals surface area contributed by atoms with Gasteiger partial charge in [-0.1, -0.05) is 0 Å². The molecule has 4 amide bonds. The SMILES string of the molecule is O=C1N=CC=NC(=O)NN1. The van der Waals surface area contributed by atoms with E-state index in [-0.39, 0.29) is 0 Å². The van der Waals surface area contributed by atoms with Crippen LogP contribution in [0.2, 0.25) is 0 Å². The second-order valence-corrected chi connectivity index (χ2v) is 1.42. The summed E-state index contributed by atoms with van der Waals surface area (Å²) in [5.74, 6) is 0. The van der Waals surface area contributed by atoms with Gasteiger partial charge in [0.1, 0.15) is 0 Å². The second kappa shape index (κ2) is 2.72. The third-order valence-corrected chi connectivity index (χ3v) is 0.727. The molecule has 0 radical (unpaired) electrons. The van der Waals surface area contributed by atoms with Gasteiger partial charge in [-0.3, -0.25) is 0 Å². The van der Waals surface area contributed by atoms with Crippen LogP contribution in [0.4, 0.5) is 9.59 Å². The quantitative estimate of drug-likeness (QED) is 0.474. The van der Waals surface area contributed by atoms with Gasteiger partial charge in [0.15, 0.2) is 0 Å². The summed E-state index contributed by atoms with van der Waals surface area (Å²) in [5, 5.41) is 0. The first-order chi connectivity index (χ1) is 4.79. The van der Waals surface area contributed by atoms with Crippen LogP contribution < -0.4 is 10.9 Å². The molecule has 0 saturated heterocycles. The van der Waals surface area contributed by atoms with Crippen LogP contribution in [0, 0.1) is 0 Å². The zero-order valence-electron chi connectivity index (χ0n) is 4.87. The van der Waals surface area contributed by atoms with Crippen LogP contribution in [0.25, 0.3) is 0 Å². The van der Waals surface area contributed by atoms with Crippen molar-refractivity contribution < 1.29 is 9.59 Å². The third kappa shape index (κ3) is 1.66. The summed E-state index contributed by atoms with van der Waals surface area (Å²) in [5.41, 5.74) is 3.97. The van der Waals surface area contributed by atoms with Crippen molar-refractivity contribution in [1.82, 2.24) is 10.9 Å². The van der Waals surface area contributed by atoms with E-state index in [0.717, 1.165) is 12.4 Å². The average molecular weight is 140 g/mol. The highest BCUT2D eigenvalue weighted by Crippen LogP contribution is 1.75. The fourth-order valence-electron chi connectivity index (χ4n) is 0.374. The van der Waals surface area contributed by atoms with Gasteiger partial charge in [-0.05, 0) is 0 Å². The van der Waals surface area contributed by atoms with Crippen molar-refractivity contribution in [3.63, 3.8) is 0 Å². The third-order valence-electron chi connectivity index (χ3n) is 0.727. The highest BCUT2D eigenvalue weighted by atomic mass is 16.2. The summed E-state index contributed by atoms with van der Waals surface area (Å²) < 4.78 is 0. The van der Waals surface area contributed by atoms with Crippen LogP contribution in [-0.2, 0) is 0 Å². The van der Waals surface area contributed by atoms with Crippen molar-refractivity contribution >= 4 is 24.5 Å². The number of nitrogens with zero attached hydrogens (tertiary/aromatic N) is 2. The normalized spacial score (nSPS) is 17.2. The predicted octanol–water partition coefficient (Wildman–Crippen LogP) is -0.524. The summed E-state index contributed by atoms with van der Waals surface area (Å²) in [6, 6.07) is -1.25. The van der Waals surface area contributed by atoms with Crippen LogP contribution >= 0.6 is 0 Å². The van der Waals surface area contributed by atoms with E-state index >= 15 is 0 Å². The topological polar surface area (TPSA) is 82.9 Å². The number of hydrazine groups is 1. The van der Waals surface area contributed by atoms with E-state index in [2.05, 4.69) is 9.98 Å². The molecule has 1 heterocycles. The van der Waals surface area contributed by atoms with Crippen molar-refractivity contribution in [2.45, 2.75) is 0 Å². The van der Waals surface area contributed by atoms with E-state index in [1.54, 1.807) is 0 Å². The van der Waals surface area contributed by atoms with Crippen LogP contribution in [0.1, 0.15) is 0 Å². The van der Waals surface area contributed by atoms with E-state index in [1.165, 1.54) is 0 Å². The standard InChI is InChI=1S/C4H4N4O2/c9-3-5-1-2-6-4(10)8-7-3/h1-2H,(H,5,7,9)(H,6,8,10). The smallest absolute Gasteiger partial charge is 0.246 e. The molecule has 0 unspecified atom stereocenters. The van der Waals surface area contributed by atoms with E-state index in [9.17, 15) is 9.59 Å². The summed E-state index contributed by atoms with van der Waals surface area (Å²) in [4.78, 5) is 27.4. The Morgan fingerprint density at radius 1 is 1.00 bits per heavy atom. The predicted molar refractivity (Wildman–Crippen MR) is 34.0 cm³/mol. The molecule has 2 N–H and O–H groups in total. The van der Waals surface area contributed by atoms with Crippen LogP contribution in [0.15, 0.2) is 9.98 Å².